The fourth-order valence-electron chi connectivity index (χ4n) is 3.49. The zero-order valence-corrected chi connectivity index (χ0v) is 15.3. The van der Waals surface area contributed by atoms with E-state index in [4.69, 9.17) is 5.73 Å². The molecule has 0 unspecified atom stereocenters. The van der Waals surface area contributed by atoms with Crippen LogP contribution in [0.4, 0.5) is 0 Å². The van der Waals surface area contributed by atoms with Gasteiger partial charge in [0.2, 0.25) is 5.91 Å². The molecule has 1 aliphatic heterocycles. The Morgan fingerprint density at radius 1 is 0.960 bits per heavy atom. The number of rotatable bonds is 5. The van der Waals surface area contributed by atoms with E-state index in [0.717, 1.165) is 37.9 Å². The van der Waals surface area contributed by atoms with Gasteiger partial charge in [-0.25, -0.2) is 0 Å². The Hall–Kier alpha value is -1.84. The van der Waals surface area contributed by atoms with Crippen LogP contribution in [-0.4, -0.2) is 29.9 Å². The average Bonchev–Trinajstić information content (AvgIpc) is 2.63. The molecule has 2 aromatic carbocycles. The van der Waals surface area contributed by atoms with Crippen molar-refractivity contribution in [1.29, 1.82) is 0 Å². The molecule has 0 radical (unpaired) electrons. The van der Waals surface area contributed by atoms with Crippen molar-refractivity contribution >= 4 is 18.3 Å². The van der Waals surface area contributed by atoms with Crippen molar-refractivity contribution < 1.29 is 4.79 Å². The highest BCUT2D eigenvalue weighted by Crippen LogP contribution is 2.22. The lowest BCUT2D eigenvalue weighted by molar-refractivity contribution is -0.133. The van der Waals surface area contributed by atoms with Gasteiger partial charge in [-0.1, -0.05) is 60.7 Å². The molecule has 4 heteroatoms. The minimum Gasteiger partial charge on any atom is -0.341 e. The number of nitrogens with zero attached hydrogens (tertiary/aromatic N) is 1. The van der Waals surface area contributed by atoms with Gasteiger partial charge in [0.25, 0.3) is 0 Å². The summed E-state index contributed by atoms with van der Waals surface area (Å²) >= 11 is 0. The standard InChI is InChI=1S/C21H26N2O.ClH/c22-20(16-18-9-5-2-6-10-18)21(24)23-13-11-19(12-14-23)15-17-7-3-1-4-8-17;/h1-10,19-20H,11-16,22H2;1H/t20-;/m0./s1. The Balaban J connectivity index is 0.00000225. The van der Waals surface area contributed by atoms with Crippen LogP contribution in [0.2, 0.25) is 0 Å². The fraction of sp³-hybridized carbons (Fsp3) is 0.381. The summed E-state index contributed by atoms with van der Waals surface area (Å²) < 4.78 is 0. The van der Waals surface area contributed by atoms with E-state index in [9.17, 15) is 4.79 Å². The smallest absolute Gasteiger partial charge is 0.239 e. The summed E-state index contributed by atoms with van der Waals surface area (Å²) in [6.45, 7) is 1.66. The summed E-state index contributed by atoms with van der Waals surface area (Å²) in [6.07, 6.45) is 3.86. The Morgan fingerprint density at radius 2 is 1.48 bits per heavy atom. The van der Waals surface area contributed by atoms with Crippen molar-refractivity contribution in [1.82, 2.24) is 4.90 Å². The topological polar surface area (TPSA) is 46.3 Å². The van der Waals surface area contributed by atoms with E-state index in [2.05, 4.69) is 30.3 Å². The number of hydrogen-bond donors (Lipinski definition) is 1. The molecule has 1 atom stereocenters. The highest BCUT2D eigenvalue weighted by molar-refractivity contribution is 5.85. The van der Waals surface area contributed by atoms with Crippen LogP contribution in [0.1, 0.15) is 24.0 Å². The molecule has 1 saturated heterocycles. The van der Waals surface area contributed by atoms with Crippen molar-refractivity contribution in [2.24, 2.45) is 11.7 Å². The Bertz CT molecular complexity index is 639. The molecule has 1 amide bonds. The molecule has 0 bridgehead atoms. The minimum atomic E-state index is -0.432. The van der Waals surface area contributed by atoms with Gasteiger partial charge in [0.1, 0.15) is 0 Å². The van der Waals surface area contributed by atoms with E-state index >= 15 is 0 Å². The number of amides is 1. The molecule has 1 aliphatic rings. The second-order valence-electron chi connectivity index (χ2n) is 6.75. The maximum absolute atomic E-state index is 12.6. The molecule has 2 N–H and O–H groups in total. The monoisotopic (exact) mass is 358 g/mol. The second kappa shape index (κ2) is 9.59. The van der Waals surface area contributed by atoms with Crippen LogP contribution in [0, 0.1) is 5.92 Å². The van der Waals surface area contributed by atoms with Crippen LogP contribution in [0.15, 0.2) is 60.7 Å². The van der Waals surface area contributed by atoms with Gasteiger partial charge in [-0.15, -0.1) is 12.4 Å². The van der Waals surface area contributed by atoms with Crippen LogP contribution >= 0.6 is 12.4 Å². The first-order valence-corrected chi connectivity index (χ1v) is 8.84. The molecular weight excluding hydrogens is 332 g/mol. The summed E-state index contributed by atoms with van der Waals surface area (Å²) in [5, 5.41) is 0. The van der Waals surface area contributed by atoms with Gasteiger partial charge < -0.3 is 10.6 Å². The van der Waals surface area contributed by atoms with Gasteiger partial charge in [-0.3, -0.25) is 4.79 Å². The quantitative estimate of drug-likeness (QED) is 0.889. The highest BCUT2D eigenvalue weighted by atomic mass is 35.5. The maximum atomic E-state index is 12.6. The first kappa shape index (κ1) is 19.5. The molecule has 3 nitrogen and oxygen atoms in total. The van der Waals surface area contributed by atoms with Crippen LogP contribution in [0.25, 0.3) is 0 Å². The normalized spacial score (nSPS) is 16.1. The summed E-state index contributed by atoms with van der Waals surface area (Å²) in [7, 11) is 0. The molecule has 0 spiro atoms. The molecule has 0 saturated carbocycles. The number of piperidine rings is 1. The van der Waals surface area contributed by atoms with Gasteiger partial charge >= 0.3 is 0 Å². The van der Waals surface area contributed by atoms with Crippen molar-refractivity contribution in [2.75, 3.05) is 13.1 Å². The lowest BCUT2D eigenvalue weighted by Crippen LogP contribution is -2.48. The first-order chi connectivity index (χ1) is 11.7. The highest BCUT2D eigenvalue weighted by Gasteiger charge is 2.26. The third-order valence-corrected chi connectivity index (χ3v) is 4.91. The Kier molecular flexibility index (Phi) is 7.48. The van der Waals surface area contributed by atoms with Crippen molar-refractivity contribution in [3.05, 3.63) is 71.8 Å². The third kappa shape index (κ3) is 5.58. The molecule has 1 fully saturated rings. The van der Waals surface area contributed by atoms with Gasteiger partial charge in [-0.2, -0.15) is 0 Å². The van der Waals surface area contributed by atoms with Crippen molar-refractivity contribution in [3.8, 4) is 0 Å². The second-order valence-corrected chi connectivity index (χ2v) is 6.75. The van der Waals surface area contributed by atoms with E-state index in [1.165, 1.54) is 5.56 Å². The van der Waals surface area contributed by atoms with Crippen molar-refractivity contribution in [3.63, 3.8) is 0 Å². The van der Waals surface area contributed by atoms with Gasteiger partial charge in [0.15, 0.2) is 0 Å². The summed E-state index contributed by atoms with van der Waals surface area (Å²) in [5.74, 6) is 0.763. The summed E-state index contributed by atoms with van der Waals surface area (Å²) in [5.41, 5.74) is 8.66. The van der Waals surface area contributed by atoms with E-state index < -0.39 is 6.04 Å². The van der Waals surface area contributed by atoms with Gasteiger partial charge in [0, 0.05) is 13.1 Å². The molecular formula is C21H27ClN2O. The molecule has 2 aromatic rings. The van der Waals surface area contributed by atoms with Crippen LogP contribution in [0.3, 0.4) is 0 Å². The zero-order valence-electron chi connectivity index (χ0n) is 14.5. The summed E-state index contributed by atoms with van der Waals surface area (Å²) in [6, 6.07) is 20.2. The van der Waals surface area contributed by atoms with Gasteiger partial charge in [0.05, 0.1) is 6.04 Å². The number of carbonyl (C=O) groups is 1. The predicted octanol–water partition coefficient (Wildman–Crippen LogP) is 3.46. The number of benzene rings is 2. The summed E-state index contributed by atoms with van der Waals surface area (Å²) in [4.78, 5) is 14.5. The number of halogens is 1. The van der Waals surface area contributed by atoms with Gasteiger partial charge in [-0.05, 0) is 42.7 Å². The Morgan fingerprint density at radius 3 is 2.04 bits per heavy atom. The lowest BCUT2D eigenvalue weighted by Gasteiger charge is -2.33. The minimum absolute atomic E-state index is 0. The number of carbonyl (C=O) groups excluding carboxylic acids is 1. The molecule has 0 aliphatic carbocycles. The third-order valence-electron chi connectivity index (χ3n) is 4.91. The fourth-order valence-corrected chi connectivity index (χ4v) is 3.49. The average molecular weight is 359 g/mol. The first-order valence-electron chi connectivity index (χ1n) is 8.84. The molecule has 25 heavy (non-hydrogen) atoms. The zero-order chi connectivity index (χ0) is 16.8. The van der Waals surface area contributed by atoms with E-state index in [1.54, 1.807) is 0 Å². The molecule has 0 aromatic heterocycles. The predicted molar refractivity (Wildman–Crippen MR) is 105 cm³/mol. The molecule has 134 valence electrons. The maximum Gasteiger partial charge on any atom is 0.239 e. The van der Waals surface area contributed by atoms with Crippen LogP contribution in [-0.2, 0) is 17.6 Å². The molecule has 3 rings (SSSR count). The largest absolute Gasteiger partial charge is 0.341 e. The van der Waals surface area contributed by atoms with E-state index in [0.29, 0.717) is 12.3 Å². The van der Waals surface area contributed by atoms with Crippen molar-refractivity contribution in [2.45, 2.75) is 31.7 Å². The number of hydrogen-bond acceptors (Lipinski definition) is 2. The Labute approximate surface area is 156 Å². The SMILES string of the molecule is Cl.N[C@@H](Cc1ccccc1)C(=O)N1CCC(Cc2ccccc2)CC1. The van der Waals surface area contributed by atoms with E-state index in [1.807, 2.05) is 35.2 Å². The van der Waals surface area contributed by atoms with E-state index in [-0.39, 0.29) is 18.3 Å². The molecule has 1 heterocycles. The number of nitrogens with two attached hydrogens (primary N) is 1. The van der Waals surface area contributed by atoms with Crippen LogP contribution < -0.4 is 5.73 Å². The lowest BCUT2D eigenvalue weighted by atomic mass is 9.90. The number of likely N-dealkylation sites (tertiary alicyclic amines) is 1. The van der Waals surface area contributed by atoms with Crippen LogP contribution in [0.5, 0.6) is 0 Å².